The number of hydrogen-bond donors (Lipinski definition) is 1. The van der Waals surface area contributed by atoms with Crippen LogP contribution in [0.3, 0.4) is 0 Å². The molecule has 0 aromatic rings. The molecule has 1 aliphatic rings. The van der Waals surface area contributed by atoms with Crippen molar-refractivity contribution in [2.75, 3.05) is 33.4 Å². The molecule has 0 fully saturated rings. The molecule has 3 nitrogen and oxygen atoms in total. The van der Waals surface area contributed by atoms with Gasteiger partial charge < -0.3 is 10.5 Å². The first-order valence-electron chi connectivity index (χ1n) is 6.26. The molecule has 0 aromatic carbocycles. The van der Waals surface area contributed by atoms with Crippen LogP contribution < -0.4 is 5.73 Å². The van der Waals surface area contributed by atoms with Crippen molar-refractivity contribution in [2.45, 2.75) is 32.7 Å². The molecule has 0 saturated carbocycles. The van der Waals surface area contributed by atoms with Crippen molar-refractivity contribution in [1.82, 2.24) is 4.90 Å². The van der Waals surface area contributed by atoms with Gasteiger partial charge in [-0.1, -0.05) is 19.9 Å². The fraction of sp³-hybridized carbons (Fsp3) is 0.846. The predicted octanol–water partition coefficient (Wildman–Crippen LogP) is 1.64. The Bertz CT molecular complexity index is 226. The van der Waals surface area contributed by atoms with Gasteiger partial charge in [0.1, 0.15) is 0 Å². The molecule has 0 bridgehead atoms. The third kappa shape index (κ3) is 5.10. The number of nitrogens with two attached hydrogens (primary N) is 1. The largest absolute Gasteiger partial charge is 0.380 e. The van der Waals surface area contributed by atoms with E-state index in [2.05, 4.69) is 24.8 Å². The van der Waals surface area contributed by atoms with E-state index < -0.39 is 0 Å². The van der Waals surface area contributed by atoms with Crippen LogP contribution in [-0.2, 0) is 4.74 Å². The van der Waals surface area contributed by atoms with Crippen molar-refractivity contribution < 1.29 is 4.74 Å². The highest BCUT2D eigenvalue weighted by Gasteiger charge is 2.15. The summed E-state index contributed by atoms with van der Waals surface area (Å²) >= 11 is 0. The highest BCUT2D eigenvalue weighted by atomic mass is 16.5. The lowest BCUT2D eigenvalue weighted by Gasteiger charge is -2.29. The first-order chi connectivity index (χ1) is 7.61. The van der Waals surface area contributed by atoms with Gasteiger partial charge in [-0.25, -0.2) is 0 Å². The number of ether oxygens (including phenoxy) is 1. The van der Waals surface area contributed by atoms with Crippen LogP contribution in [0, 0.1) is 5.92 Å². The van der Waals surface area contributed by atoms with Crippen molar-refractivity contribution in [2.24, 2.45) is 11.7 Å². The first kappa shape index (κ1) is 13.7. The van der Waals surface area contributed by atoms with Gasteiger partial charge in [-0.05, 0) is 24.3 Å². The molecule has 0 spiro atoms. The monoisotopic (exact) mass is 226 g/mol. The van der Waals surface area contributed by atoms with Crippen molar-refractivity contribution in [3.63, 3.8) is 0 Å². The topological polar surface area (TPSA) is 38.5 Å². The number of methoxy groups -OCH3 is 1. The Morgan fingerprint density at radius 1 is 1.50 bits per heavy atom. The molecule has 1 atom stereocenters. The van der Waals surface area contributed by atoms with E-state index in [4.69, 9.17) is 10.5 Å². The minimum absolute atomic E-state index is 0.317. The second-order valence-corrected chi connectivity index (χ2v) is 5.19. The van der Waals surface area contributed by atoms with Crippen LogP contribution in [0.4, 0.5) is 0 Å². The van der Waals surface area contributed by atoms with Gasteiger partial charge in [-0.2, -0.15) is 0 Å². The molecule has 0 aromatic heterocycles. The summed E-state index contributed by atoms with van der Waals surface area (Å²) in [4.78, 5) is 2.44. The van der Waals surface area contributed by atoms with Gasteiger partial charge in [-0.15, -0.1) is 0 Å². The zero-order chi connectivity index (χ0) is 12.0. The molecular weight excluding hydrogens is 200 g/mol. The van der Waals surface area contributed by atoms with Gasteiger partial charge >= 0.3 is 0 Å². The van der Waals surface area contributed by atoms with Gasteiger partial charge in [-0.3, -0.25) is 4.90 Å². The maximum atomic E-state index is 6.11. The standard InChI is InChI=1S/C13H26N2O/c1-11(2)8-13(14)9-15-6-4-12(5-7-15)10-16-3/h4,11,13H,5-10,14H2,1-3H3. The fourth-order valence-electron chi connectivity index (χ4n) is 2.25. The molecule has 94 valence electrons. The second kappa shape index (κ2) is 7.05. The molecule has 3 heteroatoms. The van der Waals surface area contributed by atoms with Crippen molar-refractivity contribution >= 4 is 0 Å². The van der Waals surface area contributed by atoms with E-state index in [1.54, 1.807) is 7.11 Å². The lowest BCUT2D eigenvalue weighted by Crippen LogP contribution is -2.40. The number of rotatable bonds is 6. The summed E-state index contributed by atoms with van der Waals surface area (Å²) in [7, 11) is 1.76. The van der Waals surface area contributed by atoms with Crippen LogP contribution in [0.1, 0.15) is 26.7 Å². The summed E-state index contributed by atoms with van der Waals surface area (Å²) in [5.41, 5.74) is 7.54. The minimum Gasteiger partial charge on any atom is -0.380 e. The molecule has 0 radical (unpaired) electrons. The molecule has 1 unspecified atom stereocenters. The average molecular weight is 226 g/mol. The number of hydrogen-bond acceptors (Lipinski definition) is 3. The zero-order valence-electron chi connectivity index (χ0n) is 10.9. The van der Waals surface area contributed by atoms with E-state index in [9.17, 15) is 0 Å². The average Bonchev–Trinajstić information content (AvgIpc) is 2.20. The minimum atomic E-state index is 0.317. The zero-order valence-corrected chi connectivity index (χ0v) is 10.9. The Morgan fingerprint density at radius 2 is 2.25 bits per heavy atom. The van der Waals surface area contributed by atoms with E-state index >= 15 is 0 Å². The summed E-state index contributed by atoms with van der Waals surface area (Å²) in [5.74, 6) is 0.694. The van der Waals surface area contributed by atoms with Gasteiger partial charge in [0.2, 0.25) is 0 Å². The Kier molecular flexibility index (Phi) is 6.03. The Balaban J connectivity index is 2.26. The van der Waals surface area contributed by atoms with Crippen LogP contribution in [0.15, 0.2) is 11.6 Å². The summed E-state index contributed by atoms with van der Waals surface area (Å²) in [6.45, 7) is 8.42. The fourth-order valence-corrected chi connectivity index (χ4v) is 2.25. The molecule has 16 heavy (non-hydrogen) atoms. The summed E-state index contributed by atoms with van der Waals surface area (Å²) < 4.78 is 5.14. The van der Waals surface area contributed by atoms with E-state index in [0.717, 1.165) is 39.1 Å². The molecule has 1 heterocycles. The first-order valence-corrected chi connectivity index (χ1v) is 6.26. The van der Waals surface area contributed by atoms with Crippen molar-refractivity contribution in [3.8, 4) is 0 Å². The lowest BCUT2D eigenvalue weighted by molar-refractivity contribution is 0.208. The van der Waals surface area contributed by atoms with Crippen molar-refractivity contribution in [3.05, 3.63) is 11.6 Å². The van der Waals surface area contributed by atoms with E-state index in [1.165, 1.54) is 5.57 Å². The highest BCUT2D eigenvalue weighted by molar-refractivity contribution is 5.07. The van der Waals surface area contributed by atoms with E-state index in [-0.39, 0.29) is 0 Å². The predicted molar refractivity (Wildman–Crippen MR) is 68.4 cm³/mol. The molecule has 0 saturated heterocycles. The lowest BCUT2D eigenvalue weighted by atomic mass is 10.0. The maximum Gasteiger partial charge on any atom is 0.0673 e. The van der Waals surface area contributed by atoms with Crippen LogP contribution in [0.5, 0.6) is 0 Å². The van der Waals surface area contributed by atoms with Gasteiger partial charge in [0.05, 0.1) is 6.61 Å². The summed E-state index contributed by atoms with van der Waals surface area (Å²) in [6, 6.07) is 0.317. The molecule has 1 rings (SSSR count). The summed E-state index contributed by atoms with van der Waals surface area (Å²) in [5, 5.41) is 0. The van der Waals surface area contributed by atoms with Crippen molar-refractivity contribution in [1.29, 1.82) is 0 Å². The maximum absolute atomic E-state index is 6.11. The van der Waals surface area contributed by atoms with Gasteiger partial charge in [0, 0.05) is 32.8 Å². The Hall–Kier alpha value is -0.380. The van der Waals surface area contributed by atoms with Crippen LogP contribution in [-0.4, -0.2) is 44.3 Å². The third-order valence-electron chi connectivity index (χ3n) is 2.98. The highest BCUT2D eigenvalue weighted by Crippen LogP contribution is 2.12. The van der Waals surface area contributed by atoms with E-state index in [1.807, 2.05) is 0 Å². The van der Waals surface area contributed by atoms with Crippen LogP contribution in [0.25, 0.3) is 0 Å². The molecule has 2 N–H and O–H groups in total. The van der Waals surface area contributed by atoms with Crippen LogP contribution in [0.2, 0.25) is 0 Å². The SMILES string of the molecule is COCC1=CCN(CC(N)CC(C)C)CC1. The normalized spacial score (nSPS) is 19.9. The van der Waals surface area contributed by atoms with Gasteiger partial charge in [0.25, 0.3) is 0 Å². The Morgan fingerprint density at radius 3 is 2.75 bits per heavy atom. The number of nitrogens with zero attached hydrogens (tertiary/aromatic N) is 1. The smallest absolute Gasteiger partial charge is 0.0673 e. The molecular formula is C13H26N2O. The summed E-state index contributed by atoms with van der Waals surface area (Å²) in [6.07, 6.45) is 4.53. The second-order valence-electron chi connectivity index (χ2n) is 5.19. The van der Waals surface area contributed by atoms with Gasteiger partial charge in [0.15, 0.2) is 0 Å². The molecule has 0 amide bonds. The quantitative estimate of drug-likeness (QED) is 0.700. The third-order valence-corrected chi connectivity index (χ3v) is 2.98. The van der Waals surface area contributed by atoms with Crippen LogP contribution >= 0.6 is 0 Å². The Labute approximate surface area is 99.6 Å². The van der Waals surface area contributed by atoms with E-state index in [0.29, 0.717) is 12.0 Å². The molecule has 0 aliphatic carbocycles. The molecule has 1 aliphatic heterocycles.